The lowest BCUT2D eigenvalue weighted by Gasteiger charge is -2.32. The molecule has 12 nitrogen and oxygen atoms in total. The SMILES string of the molecule is COCCC(=O)Oc1c(OC)ccnc1C(=O)N[C@H]1CCC[C@H](OCC(C)C)[C@@H](OC(=O)C2CCCC2)[C@H](C)OC1=O. The fraction of sp³-hybridized carbons (Fsp3) is 0.700. The molecular formula is C30H44N2O10. The van der Waals surface area contributed by atoms with Gasteiger partial charge in [0.05, 0.1) is 32.2 Å². The van der Waals surface area contributed by atoms with Crippen LogP contribution in [0.3, 0.4) is 0 Å². The molecule has 1 saturated carbocycles. The molecule has 2 fully saturated rings. The Hall–Kier alpha value is -3.25. The number of nitrogens with zero attached hydrogens (tertiary/aromatic N) is 1. The van der Waals surface area contributed by atoms with Crippen LogP contribution >= 0.6 is 0 Å². The summed E-state index contributed by atoms with van der Waals surface area (Å²) in [7, 11) is 2.82. The van der Waals surface area contributed by atoms with Crippen molar-refractivity contribution < 1.29 is 47.6 Å². The molecule has 1 aromatic heterocycles. The number of amides is 1. The number of carbonyl (C=O) groups is 4. The smallest absolute Gasteiger partial charge is 0.329 e. The Morgan fingerprint density at radius 3 is 2.50 bits per heavy atom. The maximum atomic E-state index is 13.4. The van der Waals surface area contributed by atoms with Gasteiger partial charge >= 0.3 is 17.9 Å². The third-order valence-electron chi connectivity index (χ3n) is 7.32. The maximum absolute atomic E-state index is 13.4. The third-order valence-corrected chi connectivity index (χ3v) is 7.32. The minimum absolute atomic E-state index is 0.0466. The molecule has 2 heterocycles. The molecule has 234 valence electrons. The van der Waals surface area contributed by atoms with Crippen molar-refractivity contribution in [2.24, 2.45) is 11.8 Å². The fourth-order valence-corrected chi connectivity index (χ4v) is 5.06. The zero-order valence-electron chi connectivity index (χ0n) is 25.2. The van der Waals surface area contributed by atoms with Crippen LogP contribution in [0.4, 0.5) is 0 Å². The van der Waals surface area contributed by atoms with Crippen LogP contribution in [0.15, 0.2) is 12.3 Å². The lowest BCUT2D eigenvalue weighted by molar-refractivity contribution is -0.183. The summed E-state index contributed by atoms with van der Waals surface area (Å²) >= 11 is 0. The molecular weight excluding hydrogens is 548 g/mol. The van der Waals surface area contributed by atoms with Gasteiger partial charge in [-0.05, 0) is 44.9 Å². The van der Waals surface area contributed by atoms with E-state index >= 15 is 0 Å². The number of ether oxygens (including phenoxy) is 6. The van der Waals surface area contributed by atoms with Gasteiger partial charge in [0.15, 0.2) is 17.5 Å². The summed E-state index contributed by atoms with van der Waals surface area (Å²) < 4.78 is 33.5. The molecule has 2 aliphatic rings. The lowest BCUT2D eigenvalue weighted by Crippen LogP contribution is -2.46. The molecule has 4 atom stereocenters. The Morgan fingerprint density at radius 2 is 1.83 bits per heavy atom. The summed E-state index contributed by atoms with van der Waals surface area (Å²) in [6, 6.07) is 0.427. The maximum Gasteiger partial charge on any atom is 0.329 e. The second-order valence-electron chi connectivity index (χ2n) is 11.2. The van der Waals surface area contributed by atoms with Crippen molar-refractivity contribution in [3.8, 4) is 11.5 Å². The fourth-order valence-electron chi connectivity index (χ4n) is 5.06. The summed E-state index contributed by atoms with van der Waals surface area (Å²) in [5, 5.41) is 2.68. The minimum atomic E-state index is -1.03. The number of methoxy groups -OCH3 is 2. The zero-order valence-corrected chi connectivity index (χ0v) is 25.2. The van der Waals surface area contributed by atoms with Crippen molar-refractivity contribution >= 4 is 23.8 Å². The molecule has 1 aliphatic heterocycles. The zero-order chi connectivity index (χ0) is 30.6. The molecule has 1 aromatic rings. The quantitative estimate of drug-likeness (QED) is 0.356. The Morgan fingerprint density at radius 1 is 1.10 bits per heavy atom. The minimum Gasteiger partial charge on any atom is -0.493 e. The van der Waals surface area contributed by atoms with Crippen molar-refractivity contribution in [2.45, 2.75) is 96.5 Å². The van der Waals surface area contributed by atoms with Crippen LogP contribution in [0.5, 0.6) is 11.5 Å². The van der Waals surface area contributed by atoms with Gasteiger partial charge in [0.2, 0.25) is 5.75 Å². The van der Waals surface area contributed by atoms with Crippen molar-refractivity contribution in [3.05, 3.63) is 18.0 Å². The molecule has 0 spiro atoms. The van der Waals surface area contributed by atoms with E-state index in [-0.39, 0.29) is 54.4 Å². The molecule has 0 bridgehead atoms. The molecule has 12 heteroatoms. The van der Waals surface area contributed by atoms with Gasteiger partial charge in [0, 0.05) is 26.0 Å². The first kappa shape index (κ1) is 33.3. The standard InChI is InChI=1S/C30H44N2O10/c1-18(2)17-39-23-12-8-11-21(30(36)40-19(3)26(23)42-29(35)20-9-6-7-10-20)32-28(34)25-27(22(38-5)13-15-31-25)41-24(33)14-16-37-4/h13,15,18-21,23,26H,6-12,14,16-17H2,1-5H3,(H,32,34)/t19-,21-,23-,26-/m0/s1. The van der Waals surface area contributed by atoms with Crippen molar-refractivity contribution in [1.29, 1.82) is 0 Å². The second-order valence-corrected chi connectivity index (χ2v) is 11.2. The van der Waals surface area contributed by atoms with Gasteiger partial charge in [-0.1, -0.05) is 26.7 Å². The Kier molecular flexibility index (Phi) is 13.0. The van der Waals surface area contributed by atoms with E-state index in [4.69, 9.17) is 28.4 Å². The highest BCUT2D eigenvalue weighted by Crippen LogP contribution is 2.31. The van der Waals surface area contributed by atoms with Crippen LogP contribution in [0.25, 0.3) is 0 Å². The van der Waals surface area contributed by atoms with Gasteiger partial charge in [0.1, 0.15) is 12.1 Å². The van der Waals surface area contributed by atoms with Crippen molar-refractivity contribution in [2.75, 3.05) is 27.4 Å². The van der Waals surface area contributed by atoms with E-state index in [9.17, 15) is 19.2 Å². The van der Waals surface area contributed by atoms with E-state index in [2.05, 4.69) is 10.3 Å². The average molecular weight is 593 g/mol. The van der Waals surface area contributed by atoms with E-state index in [1.54, 1.807) is 6.92 Å². The molecule has 1 saturated heterocycles. The highest BCUT2D eigenvalue weighted by molar-refractivity contribution is 5.98. The highest BCUT2D eigenvalue weighted by Gasteiger charge is 2.39. The molecule has 1 N–H and O–H groups in total. The van der Waals surface area contributed by atoms with Crippen LogP contribution in [-0.4, -0.2) is 80.6 Å². The molecule has 0 radical (unpaired) electrons. The van der Waals surface area contributed by atoms with E-state index in [1.807, 2.05) is 13.8 Å². The normalized spacial score (nSPS) is 23.3. The second kappa shape index (κ2) is 16.4. The van der Waals surface area contributed by atoms with Crippen LogP contribution < -0.4 is 14.8 Å². The first-order chi connectivity index (χ1) is 20.1. The summed E-state index contributed by atoms with van der Waals surface area (Å²) in [5.41, 5.74) is -0.220. The number of hydrogen-bond acceptors (Lipinski definition) is 11. The first-order valence-corrected chi connectivity index (χ1v) is 14.7. The number of cyclic esters (lactones) is 1. The number of rotatable bonds is 12. The molecule has 0 unspecified atom stereocenters. The number of aromatic nitrogens is 1. The molecule has 3 rings (SSSR count). The van der Waals surface area contributed by atoms with Gasteiger partial charge in [-0.25, -0.2) is 9.78 Å². The number of esters is 3. The average Bonchev–Trinajstić information content (AvgIpc) is 3.51. The van der Waals surface area contributed by atoms with E-state index < -0.39 is 42.2 Å². The summed E-state index contributed by atoms with van der Waals surface area (Å²) in [4.78, 5) is 56.0. The van der Waals surface area contributed by atoms with E-state index in [0.717, 1.165) is 25.7 Å². The van der Waals surface area contributed by atoms with Gasteiger partial charge in [-0.2, -0.15) is 0 Å². The topological polar surface area (TPSA) is 149 Å². The van der Waals surface area contributed by atoms with Gasteiger partial charge in [-0.3, -0.25) is 14.4 Å². The monoisotopic (exact) mass is 592 g/mol. The van der Waals surface area contributed by atoms with Crippen LogP contribution in [0, 0.1) is 11.8 Å². The number of carbonyl (C=O) groups excluding carboxylic acids is 4. The van der Waals surface area contributed by atoms with Crippen LogP contribution in [0.2, 0.25) is 0 Å². The van der Waals surface area contributed by atoms with E-state index in [0.29, 0.717) is 19.4 Å². The predicted octanol–water partition coefficient (Wildman–Crippen LogP) is 3.39. The number of pyridine rings is 1. The third kappa shape index (κ3) is 9.38. The Labute approximate surface area is 247 Å². The molecule has 1 aliphatic carbocycles. The Balaban J connectivity index is 1.78. The van der Waals surface area contributed by atoms with Crippen LogP contribution in [-0.2, 0) is 33.3 Å². The highest BCUT2D eigenvalue weighted by atomic mass is 16.6. The van der Waals surface area contributed by atoms with E-state index in [1.165, 1.54) is 26.5 Å². The number of hydrogen-bond donors (Lipinski definition) is 1. The van der Waals surface area contributed by atoms with Crippen molar-refractivity contribution in [3.63, 3.8) is 0 Å². The Bertz CT molecular complexity index is 1070. The molecule has 1 amide bonds. The van der Waals surface area contributed by atoms with Gasteiger partial charge < -0.3 is 33.7 Å². The molecule has 0 aromatic carbocycles. The number of nitrogens with one attached hydrogen (secondary N) is 1. The predicted molar refractivity (Wildman–Crippen MR) is 150 cm³/mol. The van der Waals surface area contributed by atoms with Crippen LogP contribution in [0.1, 0.15) is 82.6 Å². The first-order valence-electron chi connectivity index (χ1n) is 14.7. The summed E-state index contributed by atoms with van der Waals surface area (Å²) in [6.45, 7) is 6.31. The largest absolute Gasteiger partial charge is 0.493 e. The van der Waals surface area contributed by atoms with Crippen molar-refractivity contribution in [1.82, 2.24) is 10.3 Å². The summed E-state index contributed by atoms with van der Waals surface area (Å²) in [5.74, 6) is -2.29. The van der Waals surface area contributed by atoms with Gasteiger partial charge in [0.25, 0.3) is 5.91 Å². The lowest BCUT2D eigenvalue weighted by atomic mass is 10.0. The van der Waals surface area contributed by atoms with Gasteiger partial charge in [-0.15, -0.1) is 0 Å². The summed E-state index contributed by atoms with van der Waals surface area (Å²) in [6.07, 6.45) is 3.97. The molecule has 42 heavy (non-hydrogen) atoms.